The van der Waals surface area contributed by atoms with Crippen molar-refractivity contribution in [3.05, 3.63) is 53.2 Å². The highest BCUT2D eigenvalue weighted by molar-refractivity contribution is 6.06. The Morgan fingerprint density at radius 3 is 2.71 bits per heavy atom. The van der Waals surface area contributed by atoms with E-state index in [2.05, 4.69) is 15.1 Å². The lowest BCUT2D eigenvalue weighted by molar-refractivity contribution is 0.0708. The second-order valence-corrected chi connectivity index (χ2v) is 7.35. The number of hydrogen-bond donors (Lipinski definition) is 0. The third kappa shape index (κ3) is 2.74. The largest absolute Gasteiger partial charge is 0.440 e. The monoisotopic (exact) mass is 376 g/mol. The summed E-state index contributed by atoms with van der Waals surface area (Å²) in [6.07, 6.45) is 1.66. The van der Waals surface area contributed by atoms with Crippen molar-refractivity contribution in [2.24, 2.45) is 0 Å². The van der Waals surface area contributed by atoms with Gasteiger partial charge in [-0.05, 0) is 44.9 Å². The number of oxazole rings is 1. The average molecular weight is 376 g/mol. The Kier molecular flexibility index (Phi) is 3.89. The summed E-state index contributed by atoms with van der Waals surface area (Å²) in [7, 11) is 0. The van der Waals surface area contributed by atoms with Crippen LogP contribution in [-0.2, 0) is 0 Å². The summed E-state index contributed by atoms with van der Waals surface area (Å²) in [5.74, 6) is 0.996. The normalized spacial score (nSPS) is 15.6. The van der Waals surface area contributed by atoms with E-state index in [0.29, 0.717) is 35.4 Å². The van der Waals surface area contributed by atoms with Crippen molar-refractivity contribution in [2.45, 2.75) is 32.6 Å². The van der Waals surface area contributed by atoms with Crippen molar-refractivity contribution in [1.82, 2.24) is 20.0 Å². The maximum atomic E-state index is 13.2. The zero-order valence-electron chi connectivity index (χ0n) is 15.8. The van der Waals surface area contributed by atoms with Crippen LogP contribution in [0, 0.1) is 13.8 Å². The van der Waals surface area contributed by atoms with Gasteiger partial charge in [-0.1, -0.05) is 17.3 Å². The van der Waals surface area contributed by atoms with E-state index in [4.69, 9.17) is 8.94 Å². The van der Waals surface area contributed by atoms with Gasteiger partial charge in [0.05, 0.1) is 16.6 Å². The van der Waals surface area contributed by atoms with Gasteiger partial charge in [0.25, 0.3) is 11.6 Å². The molecule has 0 unspecified atom stereocenters. The van der Waals surface area contributed by atoms with Crippen LogP contribution in [0.4, 0.5) is 0 Å². The van der Waals surface area contributed by atoms with E-state index in [-0.39, 0.29) is 11.8 Å². The van der Waals surface area contributed by atoms with Crippen LogP contribution in [-0.4, -0.2) is 39.0 Å². The van der Waals surface area contributed by atoms with E-state index in [1.165, 1.54) is 0 Å². The van der Waals surface area contributed by atoms with Gasteiger partial charge < -0.3 is 13.8 Å². The molecule has 4 heterocycles. The van der Waals surface area contributed by atoms with Gasteiger partial charge in [0.15, 0.2) is 11.5 Å². The lowest BCUT2D eigenvalue weighted by Gasteiger charge is -2.30. The molecular formula is C21H20N4O3. The van der Waals surface area contributed by atoms with E-state index >= 15 is 0 Å². The number of nitrogens with zero attached hydrogens (tertiary/aromatic N) is 4. The number of hydrogen-bond acceptors (Lipinski definition) is 6. The molecule has 0 radical (unpaired) electrons. The number of para-hydroxylation sites is 2. The highest BCUT2D eigenvalue weighted by Gasteiger charge is 2.29. The van der Waals surface area contributed by atoms with Gasteiger partial charge in [0, 0.05) is 24.7 Å². The highest BCUT2D eigenvalue weighted by Crippen LogP contribution is 2.31. The van der Waals surface area contributed by atoms with Crippen LogP contribution >= 0.6 is 0 Å². The molecule has 1 aliphatic rings. The summed E-state index contributed by atoms with van der Waals surface area (Å²) in [6.45, 7) is 5.01. The molecule has 0 atom stereocenters. The zero-order chi connectivity index (χ0) is 19.3. The number of aryl methyl sites for hydroxylation is 2. The van der Waals surface area contributed by atoms with Gasteiger partial charge in [-0.3, -0.25) is 4.79 Å². The molecule has 1 fully saturated rings. The number of carbonyl (C=O) groups excluding carboxylic acids is 1. The molecule has 1 amide bonds. The Labute approximate surface area is 161 Å². The van der Waals surface area contributed by atoms with Gasteiger partial charge in [0.2, 0.25) is 0 Å². The van der Waals surface area contributed by atoms with Gasteiger partial charge in [-0.2, -0.15) is 0 Å². The number of aromatic nitrogens is 3. The lowest BCUT2D eigenvalue weighted by Crippen LogP contribution is -2.38. The van der Waals surface area contributed by atoms with Crippen molar-refractivity contribution in [3.63, 3.8) is 0 Å². The van der Waals surface area contributed by atoms with E-state index in [1.807, 2.05) is 49.1 Å². The number of piperidine rings is 1. The molecular weight excluding hydrogens is 356 g/mol. The maximum Gasteiger partial charge on any atom is 0.258 e. The quantitative estimate of drug-likeness (QED) is 0.526. The van der Waals surface area contributed by atoms with E-state index < -0.39 is 0 Å². The number of fused-ring (bicyclic) bond motifs is 2. The summed E-state index contributed by atoms with van der Waals surface area (Å²) in [5, 5.41) is 4.67. The van der Waals surface area contributed by atoms with Gasteiger partial charge in [-0.25, -0.2) is 9.97 Å². The van der Waals surface area contributed by atoms with Crippen molar-refractivity contribution in [2.75, 3.05) is 13.1 Å². The zero-order valence-corrected chi connectivity index (χ0v) is 15.8. The first-order valence-electron chi connectivity index (χ1n) is 9.48. The first-order valence-corrected chi connectivity index (χ1v) is 9.48. The third-order valence-electron chi connectivity index (χ3n) is 5.42. The average Bonchev–Trinajstić information content (AvgIpc) is 3.31. The number of benzene rings is 1. The predicted molar refractivity (Wildman–Crippen MR) is 103 cm³/mol. The molecule has 5 rings (SSSR count). The Bertz CT molecular complexity index is 1150. The minimum absolute atomic E-state index is 0.00202. The number of pyridine rings is 1. The molecule has 1 aliphatic heterocycles. The van der Waals surface area contributed by atoms with Crippen LogP contribution in [0.1, 0.15) is 46.4 Å². The first-order chi connectivity index (χ1) is 13.6. The Morgan fingerprint density at radius 2 is 1.93 bits per heavy atom. The topological polar surface area (TPSA) is 85.3 Å². The molecule has 142 valence electrons. The second-order valence-electron chi connectivity index (χ2n) is 7.35. The van der Waals surface area contributed by atoms with Crippen molar-refractivity contribution >= 4 is 28.1 Å². The van der Waals surface area contributed by atoms with Crippen LogP contribution in [0.25, 0.3) is 22.2 Å². The summed E-state index contributed by atoms with van der Waals surface area (Å²) < 4.78 is 11.2. The fourth-order valence-electron chi connectivity index (χ4n) is 3.95. The Hall–Kier alpha value is -3.22. The lowest BCUT2D eigenvalue weighted by atomic mass is 9.96. The Balaban J connectivity index is 1.37. The van der Waals surface area contributed by atoms with Crippen LogP contribution < -0.4 is 0 Å². The van der Waals surface area contributed by atoms with Crippen LogP contribution in [0.3, 0.4) is 0 Å². The first kappa shape index (κ1) is 16.9. The van der Waals surface area contributed by atoms with Crippen molar-refractivity contribution in [1.29, 1.82) is 0 Å². The molecule has 7 heteroatoms. The molecule has 3 aromatic heterocycles. The third-order valence-corrected chi connectivity index (χ3v) is 5.42. The summed E-state index contributed by atoms with van der Waals surface area (Å²) in [6, 6.07) is 9.62. The number of likely N-dealkylation sites (tertiary alicyclic amines) is 1. The smallest absolute Gasteiger partial charge is 0.258 e. The maximum absolute atomic E-state index is 13.2. The summed E-state index contributed by atoms with van der Waals surface area (Å²) in [5.41, 5.74) is 4.16. The second kappa shape index (κ2) is 6.44. The minimum Gasteiger partial charge on any atom is -0.440 e. The van der Waals surface area contributed by atoms with Gasteiger partial charge >= 0.3 is 0 Å². The SMILES string of the molecule is Cc1cc(C(=O)N2CCC(c3nc4ccccc4o3)CC2)c2c(C)noc2n1. The number of carbonyl (C=O) groups is 1. The Morgan fingerprint density at radius 1 is 1.14 bits per heavy atom. The van der Waals surface area contributed by atoms with Gasteiger partial charge in [0.1, 0.15) is 5.52 Å². The molecule has 0 saturated carbocycles. The molecule has 0 aliphatic carbocycles. The summed E-state index contributed by atoms with van der Waals surface area (Å²) in [4.78, 5) is 24.0. The number of amides is 1. The van der Waals surface area contributed by atoms with Crippen LogP contribution in [0.2, 0.25) is 0 Å². The van der Waals surface area contributed by atoms with E-state index in [0.717, 1.165) is 35.5 Å². The fraction of sp³-hybridized carbons (Fsp3) is 0.333. The minimum atomic E-state index is -0.00202. The number of rotatable bonds is 2. The molecule has 0 N–H and O–H groups in total. The molecule has 28 heavy (non-hydrogen) atoms. The summed E-state index contributed by atoms with van der Waals surface area (Å²) >= 11 is 0. The van der Waals surface area contributed by atoms with Crippen molar-refractivity contribution in [3.8, 4) is 0 Å². The fourth-order valence-corrected chi connectivity index (χ4v) is 3.95. The molecule has 1 saturated heterocycles. The highest BCUT2D eigenvalue weighted by atomic mass is 16.5. The molecule has 0 spiro atoms. The molecule has 0 bridgehead atoms. The molecule has 7 nitrogen and oxygen atoms in total. The van der Waals surface area contributed by atoms with E-state index in [1.54, 1.807) is 0 Å². The van der Waals surface area contributed by atoms with E-state index in [9.17, 15) is 4.79 Å². The molecule has 4 aromatic rings. The van der Waals surface area contributed by atoms with Gasteiger partial charge in [-0.15, -0.1) is 0 Å². The van der Waals surface area contributed by atoms with Crippen LogP contribution in [0.15, 0.2) is 39.3 Å². The molecule has 1 aromatic carbocycles. The predicted octanol–water partition coefficient (Wildman–Crippen LogP) is 4.00. The van der Waals surface area contributed by atoms with Crippen LogP contribution in [0.5, 0.6) is 0 Å². The standard InChI is InChI=1S/C21H20N4O3/c1-12-11-15(18-13(2)24-28-20(18)22-12)21(26)25-9-7-14(8-10-25)19-23-16-5-3-4-6-17(16)27-19/h3-6,11,14H,7-10H2,1-2H3. The van der Waals surface area contributed by atoms with Crippen molar-refractivity contribution < 1.29 is 13.7 Å².